The van der Waals surface area contributed by atoms with Crippen molar-refractivity contribution in [3.05, 3.63) is 12.4 Å². The molecule has 0 aliphatic rings. The Labute approximate surface area is 85.0 Å². The molecule has 1 heterocycles. The van der Waals surface area contributed by atoms with Crippen LogP contribution in [0.15, 0.2) is 12.4 Å². The van der Waals surface area contributed by atoms with Gasteiger partial charge in [-0.05, 0) is 11.8 Å². The molecular weight excluding hydrogens is 178 g/mol. The molecule has 0 aliphatic carbocycles. The van der Waals surface area contributed by atoms with Crippen molar-refractivity contribution >= 4 is 5.95 Å². The third-order valence-corrected chi connectivity index (χ3v) is 2.33. The summed E-state index contributed by atoms with van der Waals surface area (Å²) in [6.45, 7) is 5.30. The van der Waals surface area contributed by atoms with Gasteiger partial charge in [-0.15, -0.1) is 0 Å². The molecule has 0 atom stereocenters. The summed E-state index contributed by atoms with van der Waals surface area (Å²) in [4.78, 5) is 4.17. The van der Waals surface area contributed by atoms with Crippen molar-refractivity contribution in [3.63, 3.8) is 0 Å². The second-order valence-corrected chi connectivity index (χ2v) is 4.35. The van der Waals surface area contributed by atoms with Crippen LogP contribution >= 0.6 is 0 Å². The highest BCUT2D eigenvalue weighted by molar-refractivity contribution is 5.25. The Bertz CT molecular complexity index is 281. The van der Waals surface area contributed by atoms with Gasteiger partial charge in [-0.2, -0.15) is 0 Å². The highest BCUT2D eigenvalue weighted by atomic mass is 16.3. The summed E-state index contributed by atoms with van der Waals surface area (Å²) < 4.78 is 1.94. The number of imidazole rings is 1. The first-order chi connectivity index (χ1) is 6.55. The molecule has 0 bridgehead atoms. The van der Waals surface area contributed by atoms with E-state index in [2.05, 4.69) is 24.1 Å². The zero-order valence-corrected chi connectivity index (χ0v) is 9.12. The second kappa shape index (κ2) is 4.46. The first-order valence-corrected chi connectivity index (χ1v) is 4.87. The topological polar surface area (TPSA) is 50.1 Å². The van der Waals surface area contributed by atoms with Gasteiger partial charge >= 0.3 is 0 Å². The third-order valence-electron chi connectivity index (χ3n) is 2.33. The average Bonchev–Trinajstić information content (AvgIpc) is 2.48. The maximum absolute atomic E-state index is 8.87. The lowest BCUT2D eigenvalue weighted by atomic mass is 9.90. The Morgan fingerprint density at radius 2 is 2.29 bits per heavy atom. The molecule has 1 aromatic rings. The van der Waals surface area contributed by atoms with Gasteiger partial charge in [-0.25, -0.2) is 4.98 Å². The smallest absolute Gasteiger partial charge is 0.202 e. The minimum Gasteiger partial charge on any atom is -0.396 e. The number of nitrogens with one attached hydrogen (secondary N) is 1. The quantitative estimate of drug-likeness (QED) is 0.746. The minimum absolute atomic E-state index is 0.0979. The van der Waals surface area contributed by atoms with E-state index in [0.717, 1.165) is 18.9 Å². The lowest BCUT2D eigenvalue weighted by Crippen LogP contribution is -2.25. The van der Waals surface area contributed by atoms with E-state index in [4.69, 9.17) is 5.11 Å². The van der Waals surface area contributed by atoms with E-state index in [0.29, 0.717) is 0 Å². The molecule has 0 saturated heterocycles. The van der Waals surface area contributed by atoms with Crippen molar-refractivity contribution in [2.75, 3.05) is 18.5 Å². The van der Waals surface area contributed by atoms with Gasteiger partial charge in [0.25, 0.3) is 0 Å². The summed E-state index contributed by atoms with van der Waals surface area (Å²) in [6, 6.07) is 0. The third kappa shape index (κ3) is 3.03. The van der Waals surface area contributed by atoms with Crippen LogP contribution in [0.1, 0.15) is 20.3 Å². The van der Waals surface area contributed by atoms with E-state index in [1.54, 1.807) is 6.20 Å². The Balaban J connectivity index is 2.44. The molecule has 80 valence electrons. The summed E-state index contributed by atoms with van der Waals surface area (Å²) >= 11 is 0. The standard InChI is InChI=1S/C10H19N3O/c1-10(2,4-7-14)8-12-9-11-5-6-13(9)3/h5-6,14H,4,7-8H2,1-3H3,(H,11,12). The summed E-state index contributed by atoms with van der Waals surface area (Å²) in [5.41, 5.74) is 0.0979. The van der Waals surface area contributed by atoms with E-state index >= 15 is 0 Å². The number of hydrogen-bond donors (Lipinski definition) is 2. The molecule has 4 heteroatoms. The highest BCUT2D eigenvalue weighted by Crippen LogP contribution is 2.19. The number of hydrogen-bond acceptors (Lipinski definition) is 3. The molecule has 4 nitrogen and oxygen atoms in total. The number of anilines is 1. The normalized spacial score (nSPS) is 11.7. The SMILES string of the molecule is Cn1ccnc1NCC(C)(C)CCO. The summed E-state index contributed by atoms with van der Waals surface area (Å²) in [5, 5.41) is 12.1. The fourth-order valence-corrected chi connectivity index (χ4v) is 1.25. The zero-order chi connectivity index (χ0) is 10.6. The van der Waals surface area contributed by atoms with Crippen LogP contribution in [-0.4, -0.2) is 27.8 Å². The molecule has 0 amide bonds. The van der Waals surface area contributed by atoms with Gasteiger partial charge < -0.3 is 15.0 Å². The molecule has 0 spiro atoms. The molecule has 2 N–H and O–H groups in total. The molecular formula is C10H19N3O. The van der Waals surface area contributed by atoms with Crippen molar-refractivity contribution in [2.24, 2.45) is 12.5 Å². The van der Waals surface area contributed by atoms with Gasteiger partial charge in [-0.1, -0.05) is 13.8 Å². The van der Waals surface area contributed by atoms with Crippen molar-refractivity contribution < 1.29 is 5.11 Å². The van der Waals surface area contributed by atoms with Crippen molar-refractivity contribution in [1.29, 1.82) is 0 Å². The molecule has 0 aromatic carbocycles. The average molecular weight is 197 g/mol. The van der Waals surface area contributed by atoms with Gasteiger partial charge in [0.2, 0.25) is 5.95 Å². The molecule has 1 rings (SSSR count). The molecule has 1 aromatic heterocycles. The largest absolute Gasteiger partial charge is 0.396 e. The molecule has 0 fully saturated rings. The van der Waals surface area contributed by atoms with Crippen molar-refractivity contribution in [2.45, 2.75) is 20.3 Å². The van der Waals surface area contributed by atoms with E-state index in [1.165, 1.54) is 0 Å². The summed E-state index contributed by atoms with van der Waals surface area (Å²) in [6.07, 6.45) is 4.47. The van der Waals surface area contributed by atoms with Gasteiger partial charge in [0.05, 0.1) is 0 Å². The number of aliphatic hydroxyl groups excluding tert-OH is 1. The Morgan fingerprint density at radius 1 is 1.57 bits per heavy atom. The van der Waals surface area contributed by atoms with E-state index in [-0.39, 0.29) is 12.0 Å². The summed E-state index contributed by atoms with van der Waals surface area (Å²) in [7, 11) is 1.95. The van der Waals surface area contributed by atoms with E-state index in [1.807, 2.05) is 17.8 Å². The van der Waals surface area contributed by atoms with Crippen LogP contribution in [0.25, 0.3) is 0 Å². The molecule has 0 radical (unpaired) electrons. The first-order valence-electron chi connectivity index (χ1n) is 4.87. The van der Waals surface area contributed by atoms with Crippen molar-refractivity contribution in [3.8, 4) is 0 Å². The number of nitrogens with zero attached hydrogens (tertiary/aromatic N) is 2. The van der Waals surface area contributed by atoms with Gasteiger partial charge in [-0.3, -0.25) is 0 Å². The van der Waals surface area contributed by atoms with E-state index < -0.39 is 0 Å². The van der Waals surface area contributed by atoms with Gasteiger partial charge in [0, 0.05) is 32.6 Å². The van der Waals surface area contributed by atoms with Gasteiger partial charge in [0.1, 0.15) is 0 Å². The number of rotatable bonds is 5. The zero-order valence-electron chi connectivity index (χ0n) is 9.12. The monoisotopic (exact) mass is 197 g/mol. The Kier molecular flexibility index (Phi) is 3.52. The predicted molar refractivity (Wildman–Crippen MR) is 57.2 cm³/mol. The van der Waals surface area contributed by atoms with Crippen LogP contribution in [0.3, 0.4) is 0 Å². The van der Waals surface area contributed by atoms with Crippen LogP contribution in [0.5, 0.6) is 0 Å². The fourth-order valence-electron chi connectivity index (χ4n) is 1.25. The maximum Gasteiger partial charge on any atom is 0.202 e. The Morgan fingerprint density at radius 3 is 2.79 bits per heavy atom. The molecule has 0 aliphatic heterocycles. The number of aliphatic hydroxyl groups is 1. The first kappa shape index (κ1) is 11.0. The summed E-state index contributed by atoms with van der Waals surface area (Å²) in [5.74, 6) is 0.871. The van der Waals surface area contributed by atoms with Gasteiger partial charge in [0.15, 0.2) is 0 Å². The fraction of sp³-hybridized carbons (Fsp3) is 0.700. The predicted octanol–water partition coefficient (Wildman–Crippen LogP) is 1.24. The van der Waals surface area contributed by atoms with Crippen LogP contribution in [0.4, 0.5) is 5.95 Å². The molecule has 14 heavy (non-hydrogen) atoms. The van der Waals surface area contributed by atoms with Crippen LogP contribution in [0, 0.1) is 5.41 Å². The maximum atomic E-state index is 8.87. The van der Waals surface area contributed by atoms with Crippen LogP contribution in [-0.2, 0) is 7.05 Å². The molecule has 0 unspecified atom stereocenters. The molecule has 0 saturated carbocycles. The van der Waals surface area contributed by atoms with E-state index in [9.17, 15) is 0 Å². The van der Waals surface area contributed by atoms with Crippen LogP contribution < -0.4 is 5.32 Å². The number of aryl methyl sites for hydroxylation is 1. The van der Waals surface area contributed by atoms with Crippen LogP contribution in [0.2, 0.25) is 0 Å². The second-order valence-electron chi connectivity index (χ2n) is 4.35. The highest BCUT2D eigenvalue weighted by Gasteiger charge is 2.17. The Hall–Kier alpha value is -1.03. The van der Waals surface area contributed by atoms with Crippen molar-refractivity contribution in [1.82, 2.24) is 9.55 Å². The lowest BCUT2D eigenvalue weighted by Gasteiger charge is -2.24. The minimum atomic E-state index is 0.0979. The number of aromatic nitrogens is 2. The lowest BCUT2D eigenvalue weighted by molar-refractivity contribution is 0.220.